The summed E-state index contributed by atoms with van der Waals surface area (Å²) in [6, 6.07) is 0. The average molecular weight is 293 g/mol. The van der Waals surface area contributed by atoms with Gasteiger partial charge in [0.2, 0.25) is 11.8 Å². The molecule has 0 aromatic carbocycles. The van der Waals surface area contributed by atoms with Crippen LogP contribution in [0.4, 0.5) is 0 Å². The zero-order valence-electron chi connectivity index (χ0n) is 11.9. The summed E-state index contributed by atoms with van der Waals surface area (Å²) in [7, 11) is 0. The molecule has 0 aromatic rings. The van der Waals surface area contributed by atoms with Gasteiger partial charge < -0.3 is 9.47 Å². The Morgan fingerprint density at radius 3 is 2.57 bits per heavy atom. The van der Waals surface area contributed by atoms with Crippen molar-refractivity contribution in [3.8, 4) is 0 Å². The molecule has 1 N–H and O–H groups in total. The van der Waals surface area contributed by atoms with Crippen molar-refractivity contribution in [1.29, 1.82) is 0 Å². The van der Waals surface area contributed by atoms with Gasteiger partial charge in [-0.15, -0.1) is 0 Å². The Hall–Kier alpha value is -2.18. The van der Waals surface area contributed by atoms with Crippen molar-refractivity contribution in [1.82, 2.24) is 5.32 Å². The molecule has 1 saturated heterocycles. The van der Waals surface area contributed by atoms with E-state index >= 15 is 0 Å². The molecule has 3 aliphatic rings. The van der Waals surface area contributed by atoms with Crippen molar-refractivity contribution >= 4 is 23.8 Å². The fourth-order valence-corrected chi connectivity index (χ4v) is 4.10. The zero-order chi connectivity index (χ0) is 15.6. The number of imide groups is 1. The molecule has 2 heterocycles. The molecule has 2 aliphatic heterocycles. The van der Waals surface area contributed by atoms with Gasteiger partial charge in [-0.2, -0.15) is 0 Å². The first-order valence-corrected chi connectivity index (χ1v) is 6.74. The molecule has 21 heavy (non-hydrogen) atoms. The van der Waals surface area contributed by atoms with E-state index in [1.165, 1.54) is 13.0 Å². The van der Waals surface area contributed by atoms with E-state index in [1.54, 1.807) is 13.8 Å². The molecule has 2 fully saturated rings. The summed E-state index contributed by atoms with van der Waals surface area (Å²) in [4.78, 5) is 48.3. The van der Waals surface area contributed by atoms with E-state index in [0.717, 1.165) is 0 Å². The molecule has 0 aromatic heterocycles. The fourth-order valence-electron chi connectivity index (χ4n) is 4.10. The largest absolute Gasteiger partial charge is 0.465 e. The minimum atomic E-state index is -1.42. The van der Waals surface area contributed by atoms with Crippen LogP contribution in [0.25, 0.3) is 0 Å². The van der Waals surface area contributed by atoms with Crippen LogP contribution >= 0.6 is 0 Å². The molecule has 2 amide bonds. The molecule has 7 nitrogen and oxygen atoms in total. The number of carbonyl (C=O) groups excluding carboxylic acids is 4. The molecule has 7 heteroatoms. The second-order valence-corrected chi connectivity index (χ2v) is 5.69. The molecule has 1 aliphatic carbocycles. The van der Waals surface area contributed by atoms with Crippen LogP contribution in [0.15, 0.2) is 11.6 Å². The minimum absolute atomic E-state index is 0.130. The monoisotopic (exact) mass is 293 g/mol. The van der Waals surface area contributed by atoms with Crippen molar-refractivity contribution in [2.75, 3.05) is 6.61 Å². The summed E-state index contributed by atoms with van der Waals surface area (Å²) < 4.78 is 10.4. The Labute approximate surface area is 120 Å². The van der Waals surface area contributed by atoms with Crippen molar-refractivity contribution in [2.45, 2.75) is 26.4 Å². The van der Waals surface area contributed by atoms with Gasteiger partial charge in [0.1, 0.15) is 11.0 Å². The highest BCUT2D eigenvalue weighted by Gasteiger charge is 2.84. The molecule has 0 radical (unpaired) electrons. The van der Waals surface area contributed by atoms with Crippen LogP contribution < -0.4 is 5.32 Å². The van der Waals surface area contributed by atoms with Gasteiger partial charge in [-0.3, -0.25) is 19.7 Å². The van der Waals surface area contributed by atoms with Gasteiger partial charge in [-0.25, -0.2) is 4.79 Å². The standard InChI is InChI=1S/C14H15NO6/c1-4-20-12(19)14-6(2)5-7(16)21-13(14,3)8-9(14)11(18)15-10(8)17/h5,8-9H,4H2,1-3H3,(H,15,17,18)/t8?,9?,13-,14+/m1/s1. The lowest BCUT2D eigenvalue weighted by molar-refractivity contribution is -0.245. The van der Waals surface area contributed by atoms with Crippen LogP contribution in [0.1, 0.15) is 20.8 Å². The molecule has 112 valence electrons. The van der Waals surface area contributed by atoms with Crippen LogP contribution in [0.3, 0.4) is 0 Å². The van der Waals surface area contributed by atoms with Crippen LogP contribution in [0.2, 0.25) is 0 Å². The van der Waals surface area contributed by atoms with E-state index in [9.17, 15) is 19.2 Å². The molecule has 2 unspecified atom stereocenters. The Kier molecular flexibility index (Phi) is 2.58. The number of fused-ring (bicyclic) bond motifs is 4. The molecule has 3 rings (SSSR count). The maximum absolute atomic E-state index is 12.6. The van der Waals surface area contributed by atoms with Crippen molar-refractivity contribution < 1.29 is 28.7 Å². The zero-order valence-corrected chi connectivity index (χ0v) is 11.9. The van der Waals surface area contributed by atoms with Gasteiger partial charge >= 0.3 is 11.9 Å². The first-order valence-electron chi connectivity index (χ1n) is 6.74. The Bertz CT molecular complexity index is 623. The summed E-state index contributed by atoms with van der Waals surface area (Å²) in [5.41, 5.74) is -2.42. The van der Waals surface area contributed by atoms with E-state index in [1.807, 2.05) is 0 Å². The van der Waals surface area contributed by atoms with Gasteiger partial charge in [0.05, 0.1) is 18.4 Å². The third-order valence-corrected chi connectivity index (χ3v) is 4.85. The third-order valence-electron chi connectivity index (χ3n) is 4.85. The molecular formula is C14H15NO6. The van der Waals surface area contributed by atoms with Crippen LogP contribution in [0, 0.1) is 17.3 Å². The first-order chi connectivity index (χ1) is 9.80. The smallest absolute Gasteiger partial charge is 0.331 e. The Balaban J connectivity index is 2.21. The number of carbonyl (C=O) groups is 4. The van der Waals surface area contributed by atoms with Crippen molar-refractivity contribution in [3.63, 3.8) is 0 Å². The van der Waals surface area contributed by atoms with E-state index < -0.39 is 46.6 Å². The highest BCUT2D eigenvalue weighted by molar-refractivity contribution is 6.13. The van der Waals surface area contributed by atoms with Gasteiger partial charge in [-0.1, -0.05) is 0 Å². The number of nitrogens with one attached hydrogen (secondary N) is 1. The topological polar surface area (TPSA) is 98.8 Å². The van der Waals surface area contributed by atoms with Gasteiger partial charge in [0, 0.05) is 6.08 Å². The normalized spacial score (nSPS) is 40.3. The van der Waals surface area contributed by atoms with Crippen LogP contribution in [0.5, 0.6) is 0 Å². The minimum Gasteiger partial charge on any atom is -0.465 e. The lowest BCUT2D eigenvalue weighted by Crippen LogP contribution is -2.76. The van der Waals surface area contributed by atoms with E-state index in [4.69, 9.17) is 9.47 Å². The third kappa shape index (κ3) is 1.29. The maximum Gasteiger partial charge on any atom is 0.331 e. The van der Waals surface area contributed by atoms with E-state index in [2.05, 4.69) is 5.32 Å². The van der Waals surface area contributed by atoms with Crippen LogP contribution in [-0.2, 0) is 28.7 Å². The summed E-state index contributed by atoms with van der Waals surface area (Å²) in [6.45, 7) is 4.88. The first kappa shape index (κ1) is 13.8. The summed E-state index contributed by atoms with van der Waals surface area (Å²) >= 11 is 0. The Morgan fingerprint density at radius 2 is 1.95 bits per heavy atom. The summed E-state index contributed by atoms with van der Waals surface area (Å²) in [5, 5.41) is 2.21. The van der Waals surface area contributed by atoms with E-state index in [0.29, 0.717) is 5.57 Å². The molecule has 4 atom stereocenters. The lowest BCUT2D eigenvalue weighted by atomic mass is 9.42. The van der Waals surface area contributed by atoms with Gasteiger partial charge in [-0.05, 0) is 26.3 Å². The predicted molar refractivity (Wildman–Crippen MR) is 67.4 cm³/mol. The molecule has 0 spiro atoms. The number of hydrogen-bond acceptors (Lipinski definition) is 6. The quantitative estimate of drug-likeness (QED) is 0.554. The number of amides is 2. The summed E-state index contributed by atoms with van der Waals surface area (Å²) in [5.74, 6) is -4.06. The molecule has 0 bridgehead atoms. The summed E-state index contributed by atoms with van der Waals surface area (Å²) in [6.07, 6.45) is 1.19. The molecular weight excluding hydrogens is 278 g/mol. The van der Waals surface area contributed by atoms with Crippen molar-refractivity contribution in [3.05, 3.63) is 11.6 Å². The highest BCUT2D eigenvalue weighted by atomic mass is 16.6. The predicted octanol–water partition coefficient (Wildman–Crippen LogP) is -0.300. The number of hydrogen-bond donors (Lipinski definition) is 1. The van der Waals surface area contributed by atoms with E-state index in [-0.39, 0.29) is 6.61 Å². The van der Waals surface area contributed by atoms with Crippen LogP contribution in [-0.4, -0.2) is 36.0 Å². The SMILES string of the molecule is CCOC(=O)[C@@]12C(C)=CC(=O)O[C@]1(C)C1C(=O)NC(=O)C12. The number of esters is 2. The number of ether oxygens (including phenoxy) is 2. The maximum atomic E-state index is 12.6. The average Bonchev–Trinajstić information content (AvgIpc) is 2.61. The fraction of sp³-hybridized carbons (Fsp3) is 0.571. The molecule has 1 saturated carbocycles. The number of rotatable bonds is 2. The van der Waals surface area contributed by atoms with Gasteiger partial charge in [0.15, 0.2) is 0 Å². The lowest BCUT2D eigenvalue weighted by Gasteiger charge is -2.62. The highest BCUT2D eigenvalue weighted by Crippen LogP contribution is 2.67. The second-order valence-electron chi connectivity index (χ2n) is 5.69. The van der Waals surface area contributed by atoms with Gasteiger partial charge in [0.25, 0.3) is 0 Å². The Morgan fingerprint density at radius 1 is 1.33 bits per heavy atom. The second kappa shape index (κ2) is 3.93. The van der Waals surface area contributed by atoms with Crippen molar-refractivity contribution in [2.24, 2.45) is 17.3 Å².